The highest BCUT2D eigenvalue weighted by Gasteiger charge is 2.31. The number of hydrogen-bond donors (Lipinski definition) is 0. The second-order valence-electron chi connectivity index (χ2n) is 6.61. The second-order valence-corrected chi connectivity index (χ2v) is 8.31. The number of aromatic nitrogens is 1. The van der Waals surface area contributed by atoms with Crippen molar-refractivity contribution in [3.63, 3.8) is 0 Å². The molecule has 0 saturated heterocycles. The number of benzene rings is 2. The molecule has 0 fully saturated rings. The summed E-state index contributed by atoms with van der Waals surface area (Å²) in [7, 11) is 0. The summed E-state index contributed by atoms with van der Waals surface area (Å²) in [6.07, 6.45) is -3.02. The molecular weight excluding hydrogens is 480 g/mol. The lowest BCUT2D eigenvalue weighted by molar-refractivity contribution is -0.137. The fourth-order valence-electron chi connectivity index (χ4n) is 2.90. The number of halogens is 5. The zero-order valence-electron chi connectivity index (χ0n) is 16.0. The summed E-state index contributed by atoms with van der Waals surface area (Å²) in [6, 6.07) is 15.3. The molecule has 0 spiro atoms. The number of allylic oxidation sites excluding steroid dienone is 1. The molecule has 2 aromatic heterocycles. The van der Waals surface area contributed by atoms with E-state index in [1.165, 1.54) is 29.5 Å². The lowest BCUT2D eigenvalue weighted by atomic mass is 10.1. The van der Waals surface area contributed by atoms with Gasteiger partial charge in [0.1, 0.15) is 22.6 Å². The Morgan fingerprint density at radius 3 is 2.50 bits per heavy atom. The van der Waals surface area contributed by atoms with Gasteiger partial charge in [-0.25, -0.2) is 4.98 Å². The van der Waals surface area contributed by atoms with Gasteiger partial charge in [0.2, 0.25) is 0 Å². The van der Waals surface area contributed by atoms with E-state index < -0.39 is 11.7 Å². The number of nitriles is 1. The van der Waals surface area contributed by atoms with E-state index in [0.29, 0.717) is 15.7 Å². The van der Waals surface area contributed by atoms with E-state index in [2.05, 4.69) is 11.1 Å². The minimum absolute atomic E-state index is 0.110. The molecule has 2 heterocycles. The van der Waals surface area contributed by atoms with Gasteiger partial charge in [-0.2, -0.15) is 18.4 Å². The highest BCUT2D eigenvalue weighted by molar-refractivity contribution is 7.11. The van der Waals surface area contributed by atoms with Crippen LogP contribution in [0.2, 0.25) is 10.0 Å². The lowest BCUT2D eigenvalue weighted by Crippen LogP contribution is -2.04. The minimum atomic E-state index is -4.50. The molecule has 160 valence electrons. The summed E-state index contributed by atoms with van der Waals surface area (Å²) in [5.41, 5.74) is 1.08. The normalized spacial score (nSPS) is 12.1. The highest BCUT2D eigenvalue weighted by atomic mass is 35.5. The summed E-state index contributed by atoms with van der Waals surface area (Å²) in [4.78, 5) is 4.49. The van der Waals surface area contributed by atoms with Crippen molar-refractivity contribution in [3.05, 3.63) is 86.4 Å². The van der Waals surface area contributed by atoms with Crippen molar-refractivity contribution >= 4 is 46.2 Å². The molecular formula is C23H11Cl2F3N2OS. The first-order valence-corrected chi connectivity index (χ1v) is 10.7. The van der Waals surface area contributed by atoms with Crippen LogP contribution in [0.3, 0.4) is 0 Å². The van der Waals surface area contributed by atoms with Gasteiger partial charge in [-0.05, 0) is 42.5 Å². The first-order valence-electron chi connectivity index (χ1n) is 9.05. The first-order chi connectivity index (χ1) is 15.2. The van der Waals surface area contributed by atoms with Gasteiger partial charge in [-0.15, -0.1) is 11.3 Å². The van der Waals surface area contributed by atoms with E-state index >= 15 is 0 Å². The maximum Gasteiger partial charge on any atom is 0.416 e. The molecule has 0 radical (unpaired) electrons. The van der Waals surface area contributed by atoms with Crippen LogP contribution in [0.5, 0.6) is 0 Å². The van der Waals surface area contributed by atoms with E-state index in [9.17, 15) is 18.4 Å². The van der Waals surface area contributed by atoms with Gasteiger partial charge in [0.25, 0.3) is 0 Å². The van der Waals surface area contributed by atoms with Crippen LogP contribution < -0.4 is 0 Å². The Labute approximate surface area is 195 Å². The van der Waals surface area contributed by atoms with E-state index in [0.717, 1.165) is 17.7 Å². The van der Waals surface area contributed by atoms with E-state index in [1.54, 1.807) is 18.2 Å². The Bertz CT molecular complexity index is 1350. The molecule has 0 unspecified atom stereocenters. The Morgan fingerprint density at radius 2 is 1.81 bits per heavy atom. The zero-order chi connectivity index (χ0) is 22.9. The number of hydrogen-bond acceptors (Lipinski definition) is 4. The summed E-state index contributed by atoms with van der Waals surface area (Å²) >= 11 is 13.3. The lowest BCUT2D eigenvalue weighted by Gasteiger charge is -2.09. The van der Waals surface area contributed by atoms with E-state index in [1.807, 2.05) is 17.5 Å². The van der Waals surface area contributed by atoms with Gasteiger partial charge >= 0.3 is 6.18 Å². The van der Waals surface area contributed by atoms with Crippen LogP contribution in [0.4, 0.5) is 13.2 Å². The van der Waals surface area contributed by atoms with E-state index in [-0.39, 0.29) is 27.7 Å². The Kier molecular flexibility index (Phi) is 6.11. The van der Waals surface area contributed by atoms with Crippen molar-refractivity contribution < 1.29 is 17.6 Å². The smallest absolute Gasteiger partial charge is 0.416 e. The molecule has 3 nitrogen and oxygen atoms in total. The van der Waals surface area contributed by atoms with Crippen LogP contribution >= 0.6 is 34.5 Å². The quantitative estimate of drug-likeness (QED) is 0.269. The third kappa shape index (κ3) is 4.73. The van der Waals surface area contributed by atoms with Gasteiger partial charge in [0, 0.05) is 27.6 Å². The average Bonchev–Trinajstić information content (AvgIpc) is 3.42. The van der Waals surface area contributed by atoms with Gasteiger partial charge in [-0.1, -0.05) is 35.3 Å². The second kappa shape index (κ2) is 8.83. The van der Waals surface area contributed by atoms with Crippen LogP contribution in [-0.2, 0) is 6.18 Å². The fraction of sp³-hybridized carbons (Fsp3) is 0.0435. The maximum absolute atomic E-state index is 13.0. The highest BCUT2D eigenvalue weighted by Crippen LogP contribution is 2.37. The van der Waals surface area contributed by atoms with Crippen molar-refractivity contribution in [1.29, 1.82) is 5.26 Å². The van der Waals surface area contributed by atoms with Crippen molar-refractivity contribution in [3.8, 4) is 28.7 Å². The topological polar surface area (TPSA) is 49.8 Å². The van der Waals surface area contributed by atoms with E-state index in [4.69, 9.17) is 27.6 Å². The molecule has 9 heteroatoms. The largest absolute Gasteiger partial charge is 0.457 e. The van der Waals surface area contributed by atoms with Gasteiger partial charge < -0.3 is 4.42 Å². The summed E-state index contributed by atoms with van der Waals surface area (Å²) in [6.45, 7) is 0. The molecule has 0 amide bonds. The standard InChI is InChI=1S/C23H11Cl2F3N2OS/c24-16-4-1-13(2-5-16)20-12-32-22(30-20)14(11-29)9-17-6-8-21(31-17)18-10-15(23(26,27)28)3-7-19(18)25/h1-10,12H. The molecule has 0 saturated carbocycles. The molecule has 32 heavy (non-hydrogen) atoms. The molecule has 4 aromatic rings. The summed E-state index contributed by atoms with van der Waals surface area (Å²) < 4.78 is 44.8. The molecule has 4 rings (SSSR count). The number of thiazole rings is 1. The van der Waals surface area contributed by atoms with Crippen LogP contribution in [-0.4, -0.2) is 4.98 Å². The summed E-state index contributed by atoms with van der Waals surface area (Å²) in [5, 5.41) is 12.6. The predicted molar refractivity (Wildman–Crippen MR) is 120 cm³/mol. The molecule has 0 aliphatic carbocycles. The monoisotopic (exact) mass is 490 g/mol. The number of nitrogens with zero attached hydrogens (tertiary/aromatic N) is 2. The molecule has 0 bridgehead atoms. The van der Waals surface area contributed by atoms with Crippen molar-refractivity contribution in [2.24, 2.45) is 0 Å². The van der Waals surface area contributed by atoms with Crippen LogP contribution in [0.15, 0.2) is 64.4 Å². The van der Waals surface area contributed by atoms with Gasteiger partial charge in [0.05, 0.1) is 21.9 Å². The zero-order valence-corrected chi connectivity index (χ0v) is 18.3. The third-order valence-electron chi connectivity index (χ3n) is 4.47. The molecule has 0 aliphatic rings. The van der Waals surface area contributed by atoms with Crippen molar-refractivity contribution in [2.45, 2.75) is 6.18 Å². The third-order valence-corrected chi connectivity index (χ3v) is 5.92. The Hall–Kier alpha value is -3.05. The SMILES string of the molecule is N#CC(=Cc1ccc(-c2cc(C(F)(F)F)ccc2Cl)o1)c1nc(-c2ccc(Cl)cc2)cs1. The van der Waals surface area contributed by atoms with Crippen molar-refractivity contribution in [2.75, 3.05) is 0 Å². The molecule has 0 atom stereocenters. The Morgan fingerprint density at radius 1 is 1.06 bits per heavy atom. The van der Waals surface area contributed by atoms with Crippen molar-refractivity contribution in [1.82, 2.24) is 4.98 Å². The first kappa shape index (κ1) is 22.2. The van der Waals surface area contributed by atoms with Crippen LogP contribution in [0.1, 0.15) is 16.3 Å². The number of furan rings is 1. The number of alkyl halides is 3. The molecule has 0 N–H and O–H groups in total. The van der Waals surface area contributed by atoms with Gasteiger partial charge in [0.15, 0.2) is 0 Å². The van der Waals surface area contributed by atoms with Crippen LogP contribution in [0.25, 0.3) is 34.2 Å². The molecule has 2 aromatic carbocycles. The number of rotatable bonds is 4. The maximum atomic E-state index is 13.0. The fourth-order valence-corrected chi connectivity index (χ4v) is 4.03. The molecule has 0 aliphatic heterocycles. The van der Waals surface area contributed by atoms with Crippen LogP contribution in [0, 0.1) is 11.3 Å². The summed E-state index contributed by atoms with van der Waals surface area (Å²) in [5.74, 6) is 0.443. The van der Waals surface area contributed by atoms with Gasteiger partial charge in [-0.3, -0.25) is 0 Å². The minimum Gasteiger partial charge on any atom is -0.457 e. The predicted octanol–water partition coefficient (Wildman–Crippen LogP) is 8.46. The average molecular weight is 491 g/mol. The Balaban J connectivity index is 1.64.